The molecule has 1 atom stereocenters. The van der Waals surface area contributed by atoms with E-state index in [0.29, 0.717) is 27.2 Å². The second kappa shape index (κ2) is 7.76. The molecule has 5 nitrogen and oxygen atoms in total. The van der Waals surface area contributed by atoms with Crippen LogP contribution in [0.4, 0.5) is 4.39 Å². The molecular weight excluding hydrogens is 409 g/mol. The van der Waals surface area contributed by atoms with Crippen molar-refractivity contribution in [3.05, 3.63) is 64.1 Å². The van der Waals surface area contributed by atoms with E-state index in [4.69, 9.17) is 16.3 Å². The van der Waals surface area contributed by atoms with Crippen LogP contribution >= 0.6 is 11.6 Å². The summed E-state index contributed by atoms with van der Waals surface area (Å²) in [6, 6.07) is 8.66. The lowest BCUT2D eigenvalue weighted by atomic mass is 9.97. The van der Waals surface area contributed by atoms with Crippen molar-refractivity contribution in [1.82, 2.24) is 4.57 Å². The molecule has 3 rings (SSSR count). The average molecular weight is 432 g/mol. The van der Waals surface area contributed by atoms with Gasteiger partial charge < -0.3 is 9.84 Å². The van der Waals surface area contributed by atoms with Crippen molar-refractivity contribution in [1.29, 1.82) is 0 Å². The summed E-state index contributed by atoms with van der Waals surface area (Å²) in [5, 5.41) is 10.8. The molecule has 0 saturated heterocycles. The van der Waals surface area contributed by atoms with Crippen molar-refractivity contribution in [2.24, 2.45) is 0 Å². The van der Waals surface area contributed by atoms with Gasteiger partial charge in [-0.25, -0.2) is 4.39 Å². The number of phenols is 1. The van der Waals surface area contributed by atoms with Crippen LogP contribution in [0.15, 0.2) is 36.4 Å². The van der Waals surface area contributed by atoms with Crippen LogP contribution in [0.1, 0.15) is 55.2 Å². The monoisotopic (exact) mass is 431 g/mol. The predicted molar refractivity (Wildman–Crippen MR) is 114 cm³/mol. The van der Waals surface area contributed by atoms with E-state index in [9.17, 15) is 19.1 Å². The Labute approximate surface area is 179 Å². The number of nitrogens with zero attached hydrogens (tertiary/aromatic N) is 1. The predicted octanol–water partition coefficient (Wildman–Crippen LogP) is 5.58. The maximum absolute atomic E-state index is 14.2. The summed E-state index contributed by atoms with van der Waals surface area (Å²) in [6.07, 6.45) is 0. The second-order valence-electron chi connectivity index (χ2n) is 8.22. The summed E-state index contributed by atoms with van der Waals surface area (Å²) < 4.78 is 21.0. The molecule has 0 amide bonds. The zero-order valence-electron chi connectivity index (χ0n) is 17.4. The van der Waals surface area contributed by atoms with Gasteiger partial charge in [-0.15, -0.1) is 0 Å². The largest absolute Gasteiger partial charge is 0.505 e. The molecule has 0 aliphatic heterocycles. The highest BCUT2D eigenvalue weighted by Gasteiger charge is 2.30. The number of benzene rings is 2. The van der Waals surface area contributed by atoms with E-state index in [1.807, 2.05) is 0 Å². The molecule has 2 aromatic carbocycles. The fraction of sp³-hybridized carbons (Fsp3) is 0.304. The molecule has 0 fully saturated rings. The first-order valence-corrected chi connectivity index (χ1v) is 9.85. The first-order chi connectivity index (χ1) is 13.9. The molecule has 0 radical (unpaired) electrons. The fourth-order valence-corrected chi connectivity index (χ4v) is 3.61. The summed E-state index contributed by atoms with van der Waals surface area (Å²) in [5.74, 6) is -3.04. The smallest absolute Gasteiger partial charge is 0.313 e. The summed E-state index contributed by atoms with van der Waals surface area (Å²) >= 11 is 5.91. The van der Waals surface area contributed by atoms with Gasteiger partial charge in [-0.1, -0.05) is 11.6 Å². The first kappa shape index (κ1) is 21.8. The maximum Gasteiger partial charge on any atom is 0.313 e. The molecule has 3 aromatic rings. The third-order valence-electron chi connectivity index (χ3n) is 4.81. The Bertz CT molecular complexity index is 1140. The number of phenolic OH excluding ortho intramolecular Hbond substituents is 1. The Kier molecular flexibility index (Phi) is 5.65. The topological polar surface area (TPSA) is 68.5 Å². The molecular formula is C23H23ClFNO4. The molecule has 1 unspecified atom stereocenters. The summed E-state index contributed by atoms with van der Waals surface area (Å²) in [5.41, 5.74) is 0.882. The number of carbonyl (C=O) groups excluding carboxylic acids is 2. The van der Waals surface area contributed by atoms with Gasteiger partial charge in [0.15, 0.2) is 11.6 Å². The van der Waals surface area contributed by atoms with Gasteiger partial charge in [-0.2, -0.15) is 0 Å². The zero-order valence-corrected chi connectivity index (χ0v) is 18.2. The lowest BCUT2D eigenvalue weighted by Crippen LogP contribution is -2.27. The van der Waals surface area contributed by atoms with Crippen molar-refractivity contribution >= 4 is 34.4 Å². The molecule has 7 heteroatoms. The third-order valence-corrected chi connectivity index (χ3v) is 5.06. The van der Waals surface area contributed by atoms with E-state index in [1.165, 1.54) is 10.6 Å². The lowest BCUT2D eigenvalue weighted by Gasteiger charge is -2.22. The molecule has 0 bridgehead atoms. The number of esters is 1. The van der Waals surface area contributed by atoms with E-state index in [2.05, 4.69) is 0 Å². The summed E-state index contributed by atoms with van der Waals surface area (Å²) in [6.45, 7) is 8.63. The molecule has 0 aliphatic rings. The minimum Gasteiger partial charge on any atom is -0.505 e. The van der Waals surface area contributed by atoms with Crippen LogP contribution in [-0.4, -0.2) is 27.2 Å². The normalized spacial score (nSPS) is 12.8. The quantitative estimate of drug-likeness (QED) is 0.549. The molecule has 30 heavy (non-hydrogen) atoms. The number of fused-ring (bicyclic) bond motifs is 1. The molecule has 1 aromatic heterocycles. The van der Waals surface area contributed by atoms with E-state index < -0.39 is 35.0 Å². The Balaban J connectivity index is 2.22. The van der Waals surface area contributed by atoms with Gasteiger partial charge in [0, 0.05) is 27.7 Å². The Morgan fingerprint density at radius 2 is 1.77 bits per heavy atom. The highest BCUT2D eigenvalue weighted by molar-refractivity contribution is 6.30. The van der Waals surface area contributed by atoms with Gasteiger partial charge in [0.2, 0.25) is 0 Å². The molecule has 158 valence electrons. The standard InChI is InChI=1S/C23H23ClFNO4/c1-12(22(29)30-23(3,4)5)20-13(2)26(18-11-17(25)19(27)10-16(18)20)21(28)14-6-8-15(24)9-7-14/h6-12,27H,1-5H3. The summed E-state index contributed by atoms with van der Waals surface area (Å²) in [7, 11) is 0. The van der Waals surface area contributed by atoms with E-state index in [0.717, 1.165) is 6.07 Å². The number of hydrogen-bond donors (Lipinski definition) is 1. The number of rotatable bonds is 3. The summed E-state index contributed by atoms with van der Waals surface area (Å²) in [4.78, 5) is 26.0. The number of aromatic nitrogens is 1. The molecule has 1 N–H and O–H groups in total. The van der Waals surface area contributed by atoms with Crippen molar-refractivity contribution in [3.8, 4) is 5.75 Å². The van der Waals surface area contributed by atoms with Crippen molar-refractivity contribution in [2.45, 2.75) is 46.1 Å². The zero-order chi connectivity index (χ0) is 22.4. The minimum absolute atomic E-state index is 0.258. The van der Waals surface area contributed by atoms with E-state index >= 15 is 0 Å². The maximum atomic E-state index is 14.2. The van der Waals surface area contributed by atoms with Gasteiger partial charge >= 0.3 is 5.97 Å². The minimum atomic E-state index is -0.860. The van der Waals surface area contributed by atoms with Crippen LogP contribution in [-0.2, 0) is 9.53 Å². The van der Waals surface area contributed by atoms with E-state index in [-0.39, 0.29) is 5.52 Å². The highest BCUT2D eigenvalue weighted by Crippen LogP contribution is 2.36. The number of ether oxygens (including phenoxy) is 1. The van der Waals surface area contributed by atoms with Crippen LogP contribution in [0.3, 0.4) is 0 Å². The Morgan fingerprint density at radius 3 is 2.33 bits per heavy atom. The molecule has 0 saturated carbocycles. The number of hydrogen-bond acceptors (Lipinski definition) is 4. The van der Waals surface area contributed by atoms with Gasteiger partial charge in [0.25, 0.3) is 5.91 Å². The fourth-order valence-electron chi connectivity index (χ4n) is 3.49. The molecule has 0 aliphatic carbocycles. The Hall–Kier alpha value is -2.86. The van der Waals surface area contributed by atoms with Crippen molar-refractivity contribution < 1.29 is 23.8 Å². The van der Waals surface area contributed by atoms with Crippen LogP contribution in [0.2, 0.25) is 5.02 Å². The number of halogens is 2. The van der Waals surface area contributed by atoms with Crippen LogP contribution in [0, 0.1) is 12.7 Å². The third kappa shape index (κ3) is 4.05. The number of aromatic hydroxyl groups is 1. The van der Waals surface area contributed by atoms with Crippen LogP contribution < -0.4 is 0 Å². The van der Waals surface area contributed by atoms with Gasteiger partial charge in [-0.3, -0.25) is 14.2 Å². The Morgan fingerprint density at radius 1 is 1.17 bits per heavy atom. The number of carbonyl (C=O) groups is 2. The second-order valence-corrected chi connectivity index (χ2v) is 8.66. The van der Waals surface area contributed by atoms with Crippen LogP contribution in [0.5, 0.6) is 5.75 Å². The van der Waals surface area contributed by atoms with Gasteiger partial charge in [-0.05, 0) is 70.5 Å². The van der Waals surface area contributed by atoms with Gasteiger partial charge in [0.05, 0.1) is 11.4 Å². The van der Waals surface area contributed by atoms with E-state index in [1.54, 1.807) is 58.9 Å². The van der Waals surface area contributed by atoms with Crippen molar-refractivity contribution in [3.63, 3.8) is 0 Å². The van der Waals surface area contributed by atoms with Gasteiger partial charge in [0.1, 0.15) is 5.60 Å². The molecule has 0 spiro atoms. The highest BCUT2D eigenvalue weighted by atomic mass is 35.5. The lowest BCUT2D eigenvalue weighted by molar-refractivity contribution is -0.156. The first-order valence-electron chi connectivity index (χ1n) is 9.47. The molecule has 1 heterocycles. The SMILES string of the molecule is Cc1c(C(C)C(=O)OC(C)(C)C)c2cc(O)c(F)cc2n1C(=O)c1ccc(Cl)cc1. The van der Waals surface area contributed by atoms with Crippen LogP contribution in [0.25, 0.3) is 10.9 Å². The average Bonchev–Trinajstić information content (AvgIpc) is 2.91. The van der Waals surface area contributed by atoms with Crippen molar-refractivity contribution in [2.75, 3.05) is 0 Å².